The summed E-state index contributed by atoms with van der Waals surface area (Å²) in [5, 5.41) is 11.6. The van der Waals surface area contributed by atoms with Gasteiger partial charge in [0.2, 0.25) is 5.91 Å². The van der Waals surface area contributed by atoms with E-state index in [1.165, 1.54) is 23.1 Å². The number of pyridine rings is 1. The van der Waals surface area contributed by atoms with E-state index in [1.807, 2.05) is 0 Å². The molecule has 4 rings (SSSR count). The van der Waals surface area contributed by atoms with Crippen molar-refractivity contribution in [3.63, 3.8) is 0 Å². The monoisotopic (exact) mass is 564 g/mol. The quantitative estimate of drug-likeness (QED) is 0.422. The van der Waals surface area contributed by atoms with Crippen molar-refractivity contribution in [3.05, 3.63) is 53.1 Å². The molecule has 0 spiro atoms. The van der Waals surface area contributed by atoms with E-state index in [4.69, 9.17) is 22.2 Å². The minimum Gasteiger partial charge on any atom is -0.379 e. The molecule has 14 heteroatoms. The molecule has 0 saturated carbocycles. The maximum absolute atomic E-state index is 14.6. The summed E-state index contributed by atoms with van der Waals surface area (Å²) in [5.74, 6) is -1.96. The molecule has 2 saturated heterocycles. The lowest BCUT2D eigenvalue weighted by Crippen LogP contribution is -2.44. The molecule has 0 bridgehead atoms. The molecule has 9 nitrogen and oxygen atoms in total. The summed E-state index contributed by atoms with van der Waals surface area (Å²) >= 11 is 5.51. The molecule has 2 aliphatic heterocycles. The summed E-state index contributed by atoms with van der Waals surface area (Å²) in [7, 11) is 0. The van der Waals surface area contributed by atoms with Gasteiger partial charge in [0, 0.05) is 44.8 Å². The Kier molecular flexibility index (Phi) is 8.73. The fraction of sp³-hybridized carbons (Fsp3) is 0.400. The summed E-state index contributed by atoms with van der Waals surface area (Å²) in [6, 6.07) is 5.80. The van der Waals surface area contributed by atoms with Gasteiger partial charge in [-0.1, -0.05) is 0 Å². The topological polar surface area (TPSA) is 102 Å². The van der Waals surface area contributed by atoms with E-state index in [0.717, 1.165) is 30.3 Å². The van der Waals surface area contributed by atoms with Gasteiger partial charge >= 0.3 is 6.18 Å². The Morgan fingerprint density at radius 3 is 2.62 bits per heavy atom. The van der Waals surface area contributed by atoms with Crippen molar-refractivity contribution in [3.8, 4) is 6.07 Å². The minimum atomic E-state index is -4.88. The van der Waals surface area contributed by atoms with Crippen LogP contribution in [0.1, 0.15) is 34.5 Å². The highest BCUT2D eigenvalue weighted by molar-refractivity contribution is 7.81. The van der Waals surface area contributed by atoms with Gasteiger partial charge in [-0.15, -0.1) is 0 Å². The Labute approximate surface area is 226 Å². The smallest absolute Gasteiger partial charge is 0.379 e. The van der Waals surface area contributed by atoms with Crippen LogP contribution in [-0.4, -0.2) is 72.7 Å². The number of aromatic nitrogens is 1. The number of hydrogen-bond acceptors (Lipinski definition) is 7. The summed E-state index contributed by atoms with van der Waals surface area (Å²) in [5.41, 5.74) is -2.34. The first kappa shape index (κ1) is 28.3. The summed E-state index contributed by atoms with van der Waals surface area (Å²) in [4.78, 5) is 33.7. The highest BCUT2D eigenvalue weighted by Gasteiger charge is 2.37. The maximum Gasteiger partial charge on any atom is 0.419 e. The van der Waals surface area contributed by atoms with Crippen LogP contribution in [0.15, 0.2) is 30.5 Å². The predicted molar refractivity (Wildman–Crippen MR) is 137 cm³/mol. The number of rotatable bonds is 6. The molecule has 0 unspecified atom stereocenters. The van der Waals surface area contributed by atoms with Crippen LogP contribution in [0.25, 0.3) is 0 Å². The highest BCUT2D eigenvalue weighted by atomic mass is 32.1. The van der Waals surface area contributed by atoms with Crippen LogP contribution < -0.4 is 15.1 Å². The van der Waals surface area contributed by atoms with Gasteiger partial charge in [0.25, 0.3) is 5.91 Å². The third-order valence-electron chi connectivity index (χ3n) is 6.31. The number of hydrogen-bond donors (Lipinski definition) is 1. The van der Waals surface area contributed by atoms with E-state index in [-0.39, 0.29) is 35.0 Å². The molecule has 3 heterocycles. The molecular formula is C25H24F4N6O3S. The second-order valence-corrected chi connectivity index (χ2v) is 9.21. The summed E-state index contributed by atoms with van der Waals surface area (Å²) in [6.45, 7) is 3.75. The van der Waals surface area contributed by atoms with Crippen LogP contribution >= 0.6 is 12.2 Å². The Morgan fingerprint density at radius 1 is 1.18 bits per heavy atom. The molecule has 2 aromatic rings. The SMILES string of the molecule is N#Cc1ncc(N2C(=O)CCCN(c3ccc(F)c(C(=O)NCCN4CCOCC4)c3)C2=S)cc1C(F)(F)F. The van der Waals surface area contributed by atoms with Gasteiger partial charge in [-0.25, -0.2) is 9.37 Å². The maximum atomic E-state index is 14.6. The average Bonchev–Trinajstić information content (AvgIpc) is 3.06. The van der Waals surface area contributed by atoms with E-state index in [0.29, 0.717) is 38.8 Å². The molecule has 1 aromatic heterocycles. The van der Waals surface area contributed by atoms with Gasteiger partial charge in [-0.05, 0) is 42.9 Å². The fourth-order valence-electron chi connectivity index (χ4n) is 4.30. The highest BCUT2D eigenvalue weighted by Crippen LogP contribution is 2.34. The van der Waals surface area contributed by atoms with Crippen molar-refractivity contribution < 1.29 is 31.9 Å². The van der Waals surface area contributed by atoms with Gasteiger partial charge in [-0.2, -0.15) is 18.4 Å². The van der Waals surface area contributed by atoms with E-state index in [1.54, 1.807) is 0 Å². The van der Waals surface area contributed by atoms with Crippen LogP contribution in [0.4, 0.5) is 28.9 Å². The number of anilines is 2. The number of nitrogens with one attached hydrogen (secondary N) is 1. The van der Waals surface area contributed by atoms with E-state index >= 15 is 0 Å². The van der Waals surface area contributed by atoms with Crippen molar-refractivity contribution in [2.75, 3.05) is 55.7 Å². The largest absolute Gasteiger partial charge is 0.419 e. The van der Waals surface area contributed by atoms with Gasteiger partial charge < -0.3 is 15.0 Å². The third-order valence-corrected chi connectivity index (χ3v) is 6.71. The molecule has 2 amide bonds. The standard InChI is InChI=1S/C25H24F4N6O3S/c26-20-4-3-16(12-18(20)23(37)31-5-7-33-8-10-38-11-9-33)34-6-1-2-22(36)35(24(34)39)17-13-19(25(27,28)29)21(14-30)32-15-17/h3-4,12-13,15H,1-2,5-11H2,(H,31,37). The van der Waals surface area contributed by atoms with Crippen LogP contribution in [0, 0.1) is 17.1 Å². The zero-order chi connectivity index (χ0) is 28.2. The average molecular weight is 565 g/mol. The number of carbonyl (C=O) groups is 2. The van der Waals surface area contributed by atoms with Gasteiger partial charge in [0.15, 0.2) is 10.8 Å². The lowest BCUT2D eigenvalue weighted by Gasteiger charge is -2.30. The molecule has 1 N–H and O–H groups in total. The van der Waals surface area contributed by atoms with E-state index in [9.17, 15) is 27.2 Å². The molecule has 0 atom stereocenters. The molecule has 39 heavy (non-hydrogen) atoms. The van der Waals surface area contributed by atoms with Crippen LogP contribution in [-0.2, 0) is 15.7 Å². The number of halogens is 4. The minimum absolute atomic E-state index is 0.0337. The molecule has 206 valence electrons. The molecule has 2 fully saturated rings. The lowest BCUT2D eigenvalue weighted by atomic mass is 10.1. The van der Waals surface area contributed by atoms with Crippen LogP contribution in [0.2, 0.25) is 0 Å². The number of carbonyl (C=O) groups excluding carboxylic acids is 2. The van der Waals surface area contributed by atoms with Crippen LogP contribution in [0.5, 0.6) is 0 Å². The molecule has 0 aliphatic carbocycles. The molecular weight excluding hydrogens is 540 g/mol. The molecule has 2 aliphatic rings. The normalized spacial score (nSPS) is 17.1. The van der Waals surface area contributed by atoms with Gasteiger partial charge in [-0.3, -0.25) is 19.4 Å². The second kappa shape index (κ2) is 12.0. The van der Waals surface area contributed by atoms with Crippen LogP contribution in [0.3, 0.4) is 0 Å². The Bertz CT molecular complexity index is 1310. The number of nitriles is 1. The van der Waals surface area contributed by atoms with E-state index < -0.39 is 35.1 Å². The zero-order valence-electron chi connectivity index (χ0n) is 20.6. The third kappa shape index (κ3) is 6.49. The fourth-order valence-corrected chi connectivity index (χ4v) is 4.71. The number of ether oxygens (including phenoxy) is 1. The Hall–Kier alpha value is -3.67. The number of thiocarbonyl (C=S) groups is 1. The summed E-state index contributed by atoms with van der Waals surface area (Å²) < 4.78 is 60.5. The number of amides is 2. The molecule has 0 radical (unpaired) electrons. The predicted octanol–water partition coefficient (Wildman–Crippen LogP) is 3.09. The first-order valence-corrected chi connectivity index (χ1v) is 12.5. The number of nitrogens with zero attached hydrogens (tertiary/aromatic N) is 5. The van der Waals surface area contributed by atoms with Crippen molar-refractivity contribution >= 4 is 40.5 Å². The number of alkyl halides is 3. The number of benzene rings is 1. The zero-order valence-corrected chi connectivity index (χ0v) is 21.4. The van der Waals surface area contributed by atoms with Crippen molar-refractivity contribution in [1.29, 1.82) is 5.26 Å². The van der Waals surface area contributed by atoms with Gasteiger partial charge in [0.05, 0.1) is 36.2 Å². The van der Waals surface area contributed by atoms with E-state index in [2.05, 4.69) is 15.2 Å². The number of morpholine rings is 1. The van der Waals surface area contributed by atoms with Gasteiger partial charge in [0.1, 0.15) is 11.9 Å². The first-order valence-electron chi connectivity index (χ1n) is 12.1. The van der Waals surface area contributed by atoms with Crippen molar-refractivity contribution in [2.45, 2.75) is 19.0 Å². The first-order chi connectivity index (χ1) is 18.6. The lowest BCUT2D eigenvalue weighted by molar-refractivity contribution is -0.138. The Balaban J connectivity index is 1.57. The van der Waals surface area contributed by atoms with Crippen molar-refractivity contribution in [2.24, 2.45) is 0 Å². The second-order valence-electron chi connectivity index (χ2n) is 8.84. The van der Waals surface area contributed by atoms with Crippen molar-refractivity contribution in [1.82, 2.24) is 15.2 Å². The Morgan fingerprint density at radius 2 is 1.92 bits per heavy atom. The summed E-state index contributed by atoms with van der Waals surface area (Å²) in [6.07, 6.45) is -3.65. The molecule has 1 aromatic carbocycles.